The predicted octanol–water partition coefficient (Wildman–Crippen LogP) is 2.70. The summed E-state index contributed by atoms with van der Waals surface area (Å²) in [7, 11) is 0. The summed E-state index contributed by atoms with van der Waals surface area (Å²) in [5.74, 6) is 2.79. The molecular formula is C20H25N5O. The Balaban J connectivity index is 1.25. The fourth-order valence-electron chi connectivity index (χ4n) is 3.99. The summed E-state index contributed by atoms with van der Waals surface area (Å²) in [5, 5.41) is 4.62. The SMILES string of the molecule is O=c1ccc(C2CC2)nn1CC1CCN(c2nccnc2C2CC2)CC1. The van der Waals surface area contributed by atoms with Gasteiger partial charge >= 0.3 is 0 Å². The van der Waals surface area contributed by atoms with Gasteiger partial charge in [-0.1, -0.05) is 0 Å². The standard InChI is InChI=1S/C20H25N5O/c26-18-6-5-17(15-1-2-15)23-25(18)13-14-7-11-24(12-8-14)20-19(16-3-4-16)21-9-10-22-20/h5-6,9-10,14-16H,1-4,7-8,11-13H2. The van der Waals surface area contributed by atoms with E-state index < -0.39 is 0 Å². The van der Waals surface area contributed by atoms with Gasteiger partial charge in [0, 0.05) is 49.9 Å². The van der Waals surface area contributed by atoms with Crippen LogP contribution in [0.4, 0.5) is 5.82 Å². The molecule has 6 heteroatoms. The van der Waals surface area contributed by atoms with Gasteiger partial charge in [-0.05, 0) is 50.5 Å². The lowest BCUT2D eigenvalue weighted by Crippen LogP contribution is -2.37. The molecule has 0 radical (unpaired) electrons. The Morgan fingerprint density at radius 2 is 1.65 bits per heavy atom. The maximum absolute atomic E-state index is 12.2. The van der Waals surface area contributed by atoms with Crippen molar-refractivity contribution in [1.29, 1.82) is 0 Å². The lowest BCUT2D eigenvalue weighted by atomic mass is 9.96. The molecule has 3 fully saturated rings. The molecule has 0 N–H and O–H groups in total. The second-order valence-corrected chi connectivity index (χ2v) is 8.02. The molecule has 5 rings (SSSR count). The third kappa shape index (κ3) is 3.24. The average Bonchev–Trinajstić information content (AvgIpc) is 3.57. The molecule has 2 aliphatic carbocycles. The molecule has 0 unspecified atom stereocenters. The fourth-order valence-corrected chi connectivity index (χ4v) is 3.99. The van der Waals surface area contributed by atoms with Crippen molar-refractivity contribution in [3.63, 3.8) is 0 Å². The molecule has 0 aromatic carbocycles. The summed E-state index contributed by atoms with van der Waals surface area (Å²) in [6, 6.07) is 3.60. The Morgan fingerprint density at radius 1 is 0.923 bits per heavy atom. The second-order valence-electron chi connectivity index (χ2n) is 8.02. The second kappa shape index (κ2) is 6.49. The first kappa shape index (κ1) is 16.0. The van der Waals surface area contributed by atoms with Crippen LogP contribution in [0.3, 0.4) is 0 Å². The molecule has 3 aliphatic rings. The molecule has 3 heterocycles. The monoisotopic (exact) mass is 351 g/mol. The third-order valence-electron chi connectivity index (χ3n) is 5.90. The van der Waals surface area contributed by atoms with Crippen LogP contribution in [0, 0.1) is 5.92 Å². The van der Waals surface area contributed by atoms with Crippen molar-refractivity contribution in [1.82, 2.24) is 19.7 Å². The Morgan fingerprint density at radius 3 is 2.38 bits per heavy atom. The van der Waals surface area contributed by atoms with E-state index in [1.165, 1.54) is 31.4 Å². The van der Waals surface area contributed by atoms with E-state index in [4.69, 9.17) is 0 Å². The first-order chi connectivity index (χ1) is 12.8. The summed E-state index contributed by atoms with van der Waals surface area (Å²) < 4.78 is 1.70. The van der Waals surface area contributed by atoms with Crippen LogP contribution in [0.5, 0.6) is 0 Å². The van der Waals surface area contributed by atoms with Gasteiger partial charge in [-0.15, -0.1) is 0 Å². The molecule has 1 aliphatic heterocycles. The molecule has 1 saturated heterocycles. The quantitative estimate of drug-likeness (QED) is 0.829. The zero-order chi connectivity index (χ0) is 17.5. The van der Waals surface area contributed by atoms with Crippen LogP contribution in [0.1, 0.15) is 61.7 Å². The molecule has 6 nitrogen and oxygen atoms in total. The van der Waals surface area contributed by atoms with Crippen molar-refractivity contribution in [2.24, 2.45) is 5.92 Å². The Bertz CT molecular complexity index is 847. The van der Waals surface area contributed by atoms with Gasteiger partial charge in [-0.25, -0.2) is 9.67 Å². The van der Waals surface area contributed by atoms with Crippen molar-refractivity contribution in [2.45, 2.75) is 56.9 Å². The number of hydrogen-bond acceptors (Lipinski definition) is 5. The molecule has 26 heavy (non-hydrogen) atoms. The molecule has 0 bridgehead atoms. The fraction of sp³-hybridized carbons (Fsp3) is 0.600. The largest absolute Gasteiger partial charge is 0.355 e. The third-order valence-corrected chi connectivity index (χ3v) is 5.90. The molecule has 0 spiro atoms. The van der Waals surface area contributed by atoms with Crippen LogP contribution in [-0.4, -0.2) is 32.8 Å². The minimum absolute atomic E-state index is 0.0294. The smallest absolute Gasteiger partial charge is 0.266 e. The van der Waals surface area contributed by atoms with Gasteiger partial charge in [0.2, 0.25) is 0 Å². The van der Waals surface area contributed by atoms with Gasteiger partial charge in [0.05, 0.1) is 11.4 Å². The zero-order valence-corrected chi connectivity index (χ0v) is 15.0. The van der Waals surface area contributed by atoms with Gasteiger partial charge in [-0.2, -0.15) is 5.10 Å². The van der Waals surface area contributed by atoms with Gasteiger partial charge in [-0.3, -0.25) is 9.78 Å². The van der Waals surface area contributed by atoms with Crippen LogP contribution in [0.15, 0.2) is 29.3 Å². The summed E-state index contributed by atoms with van der Waals surface area (Å²) in [5.41, 5.74) is 2.30. The first-order valence-electron chi connectivity index (χ1n) is 9.92. The summed E-state index contributed by atoms with van der Waals surface area (Å²) >= 11 is 0. The molecule has 2 aromatic rings. The van der Waals surface area contributed by atoms with Crippen molar-refractivity contribution >= 4 is 5.82 Å². The normalized spacial score (nSPS) is 21.2. The number of anilines is 1. The molecule has 0 atom stereocenters. The van der Waals surface area contributed by atoms with Crippen molar-refractivity contribution in [2.75, 3.05) is 18.0 Å². The van der Waals surface area contributed by atoms with Crippen LogP contribution in [0.25, 0.3) is 0 Å². The Labute approximate surface area is 153 Å². The molecule has 136 valence electrons. The summed E-state index contributed by atoms with van der Waals surface area (Å²) in [4.78, 5) is 23.8. The highest BCUT2D eigenvalue weighted by molar-refractivity contribution is 5.46. The van der Waals surface area contributed by atoms with Crippen LogP contribution < -0.4 is 10.5 Å². The minimum Gasteiger partial charge on any atom is -0.355 e. The molecule has 2 saturated carbocycles. The molecule has 2 aromatic heterocycles. The Hall–Kier alpha value is -2.24. The zero-order valence-electron chi connectivity index (χ0n) is 15.0. The van der Waals surface area contributed by atoms with Gasteiger partial charge < -0.3 is 4.90 Å². The van der Waals surface area contributed by atoms with E-state index in [-0.39, 0.29) is 5.56 Å². The predicted molar refractivity (Wildman–Crippen MR) is 99.4 cm³/mol. The van der Waals surface area contributed by atoms with E-state index >= 15 is 0 Å². The number of nitrogens with zero attached hydrogens (tertiary/aromatic N) is 5. The highest BCUT2D eigenvalue weighted by atomic mass is 16.1. The highest BCUT2D eigenvalue weighted by Gasteiger charge is 2.31. The summed E-state index contributed by atoms with van der Waals surface area (Å²) in [6.07, 6.45) is 10.7. The lowest BCUT2D eigenvalue weighted by molar-refractivity contribution is 0.332. The van der Waals surface area contributed by atoms with Crippen molar-refractivity contribution < 1.29 is 0 Å². The molecular weight excluding hydrogens is 326 g/mol. The first-order valence-corrected chi connectivity index (χ1v) is 9.92. The highest BCUT2D eigenvalue weighted by Crippen LogP contribution is 2.43. The number of hydrogen-bond donors (Lipinski definition) is 0. The van der Waals surface area contributed by atoms with E-state index in [0.29, 0.717) is 17.8 Å². The van der Waals surface area contributed by atoms with E-state index in [0.717, 1.165) is 44.0 Å². The van der Waals surface area contributed by atoms with Gasteiger partial charge in [0.1, 0.15) is 0 Å². The maximum atomic E-state index is 12.2. The van der Waals surface area contributed by atoms with Gasteiger partial charge in [0.15, 0.2) is 5.82 Å². The van der Waals surface area contributed by atoms with Crippen molar-refractivity contribution in [3.8, 4) is 0 Å². The number of rotatable bonds is 5. The van der Waals surface area contributed by atoms with E-state index in [9.17, 15) is 4.79 Å². The van der Waals surface area contributed by atoms with Crippen LogP contribution in [-0.2, 0) is 6.54 Å². The van der Waals surface area contributed by atoms with Crippen LogP contribution in [0.2, 0.25) is 0 Å². The van der Waals surface area contributed by atoms with Crippen LogP contribution >= 0.6 is 0 Å². The topological polar surface area (TPSA) is 63.9 Å². The Kier molecular flexibility index (Phi) is 3.98. The molecule has 0 amide bonds. The average molecular weight is 351 g/mol. The van der Waals surface area contributed by atoms with E-state index in [2.05, 4.69) is 20.0 Å². The summed E-state index contributed by atoms with van der Waals surface area (Å²) in [6.45, 7) is 2.71. The van der Waals surface area contributed by atoms with Crippen molar-refractivity contribution in [3.05, 3.63) is 46.3 Å². The maximum Gasteiger partial charge on any atom is 0.266 e. The van der Waals surface area contributed by atoms with E-state index in [1.54, 1.807) is 16.9 Å². The van der Waals surface area contributed by atoms with Gasteiger partial charge in [0.25, 0.3) is 5.56 Å². The number of aromatic nitrogens is 4. The van der Waals surface area contributed by atoms with E-state index in [1.807, 2.05) is 12.3 Å². The minimum atomic E-state index is 0.0294. The lowest BCUT2D eigenvalue weighted by Gasteiger charge is -2.33. The number of piperidine rings is 1.